The highest BCUT2D eigenvalue weighted by Crippen LogP contribution is 2.18. The molecule has 148 valence electrons. The normalized spacial score (nSPS) is 15.7. The molecule has 7 heteroatoms. The molecule has 0 N–H and O–H groups in total. The fourth-order valence-corrected chi connectivity index (χ4v) is 2.66. The van der Waals surface area contributed by atoms with Gasteiger partial charge in [0.2, 0.25) is 0 Å². The molecule has 1 saturated heterocycles. The van der Waals surface area contributed by atoms with Crippen LogP contribution in [-0.2, 0) is 14.3 Å². The molecule has 3 rings (SSSR count). The molecule has 0 saturated carbocycles. The molecule has 28 heavy (non-hydrogen) atoms. The second-order valence-electron chi connectivity index (χ2n) is 6.20. The van der Waals surface area contributed by atoms with Gasteiger partial charge in [0.15, 0.2) is 6.61 Å². The Morgan fingerprint density at radius 3 is 2.32 bits per heavy atom. The van der Waals surface area contributed by atoms with Gasteiger partial charge in [0, 0.05) is 6.61 Å². The predicted octanol–water partition coefficient (Wildman–Crippen LogP) is 3.02. The van der Waals surface area contributed by atoms with Crippen molar-refractivity contribution in [1.29, 1.82) is 0 Å². The van der Waals surface area contributed by atoms with E-state index in [9.17, 15) is 9.59 Å². The molecule has 0 spiro atoms. The lowest BCUT2D eigenvalue weighted by molar-refractivity contribution is -0.136. The third kappa shape index (κ3) is 5.72. The fraction of sp³-hybridized carbons (Fsp3) is 0.333. The van der Waals surface area contributed by atoms with Crippen LogP contribution in [-0.4, -0.2) is 45.0 Å². The van der Waals surface area contributed by atoms with E-state index in [0.29, 0.717) is 29.4 Å². The van der Waals surface area contributed by atoms with Crippen molar-refractivity contribution >= 4 is 11.9 Å². The molecule has 0 radical (unpaired) electrons. The first-order valence-electron chi connectivity index (χ1n) is 9.00. The maximum Gasteiger partial charge on any atom is 0.349 e. The van der Waals surface area contributed by atoms with Crippen molar-refractivity contribution in [2.24, 2.45) is 0 Å². The number of ether oxygens (including phenoxy) is 5. The molecule has 0 amide bonds. The highest BCUT2D eigenvalue weighted by molar-refractivity contribution is 5.89. The zero-order valence-corrected chi connectivity index (χ0v) is 15.6. The Morgan fingerprint density at radius 2 is 1.68 bits per heavy atom. The lowest BCUT2D eigenvalue weighted by Gasteiger charge is -2.10. The van der Waals surface area contributed by atoms with Crippen LogP contribution in [0.15, 0.2) is 48.5 Å². The van der Waals surface area contributed by atoms with Crippen LogP contribution >= 0.6 is 0 Å². The maximum absolute atomic E-state index is 12.0. The molecule has 0 aromatic heterocycles. The lowest BCUT2D eigenvalue weighted by atomic mass is 10.2. The van der Waals surface area contributed by atoms with Crippen LogP contribution in [0.5, 0.6) is 17.2 Å². The summed E-state index contributed by atoms with van der Waals surface area (Å²) in [6.07, 6.45) is 1.88. The smallest absolute Gasteiger partial charge is 0.349 e. The Bertz CT molecular complexity index is 777. The summed E-state index contributed by atoms with van der Waals surface area (Å²) in [6.45, 7) is 0.722. The van der Waals surface area contributed by atoms with Crippen LogP contribution in [0.1, 0.15) is 23.2 Å². The summed E-state index contributed by atoms with van der Waals surface area (Å²) in [5.74, 6) is 0.561. The average Bonchev–Trinajstić information content (AvgIpc) is 3.25. The second kappa shape index (κ2) is 9.75. The first-order chi connectivity index (χ1) is 13.6. The number of benzene rings is 2. The fourth-order valence-electron chi connectivity index (χ4n) is 2.66. The van der Waals surface area contributed by atoms with E-state index in [0.717, 1.165) is 12.8 Å². The molecule has 1 aliphatic heterocycles. The van der Waals surface area contributed by atoms with Crippen molar-refractivity contribution in [2.45, 2.75) is 18.9 Å². The summed E-state index contributed by atoms with van der Waals surface area (Å²) in [7, 11) is 1.57. The van der Waals surface area contributed by atoms with E-state index in [4.69, 9.17) is 23.7 Å². The number of carbonyl (C=O) groups excluding carboxylic acids is 2. The zero-order chi connectivity index (χ0) is 19.8. The van der Waals surface area contributed by atoms with E-state index < -0.39 is 11.9 Å². The molecule has 1 fully saturated rings. The first kappa shape index (κ1) is 19.7. The number of hydrogen-bond donors (Lipinski definition) is 0. The lowest BCUT2D eigenvalue weighted by Crippen LogP contribution is -2.18. The highest BCUT2D eigenvalue weighted by Gasteiger charge is 2.18. The summed E-state index contributed by atoms with van der Waals surface area (Å²) >= 11 is 0. The Balaban J connectivity index is 1.43. The highest BCUT2D eigenvalue weighted by atomic mass is 16.6. The van der Waals surface area contributed by atoms with E-state index in [1.807, 2.05) is 0 Å². The van der Waals surface area contributed by atoms with Gasteiger partial charge in [-0.15, -0.1) is 0 Å². The van der Waals surface area contributed by atoms with Gasteiger partial charge in [-0.25, -0.2) is 9.59 Å². The SMILES string of the molecule is COc1ccc(OCC(=O)Oc2ccc(C(=O)OCC3CCCO3)cc2)cc1. The van der Waals surface area contributed by atoms with Crippen molar-refractivity contribution < 1.29 is 33.3 Å². The van der Waals surface area contributed by atoms with Crippen LogP contribution in [0.2, 0.25) is 0 Å². The van der Waals surface area contributed by atoms with Gasteiger partial charge in [-0.3, -0.25) is 0 Å². The number of carbonyl (C=O) groups is 2. The molecule has 1 heterocycles. The minimum absolute atomic E-state index is 0.0186. The molecule has 2 aromatic rings. The number of hydrogen-bond acceptors (Lipinski definition) is 7. The Morgan fingerprint density at radius 1 is 1.00 bits per heavy atom. The van der Waals surface area contributed by atoms with Crippen LogP contribution in [0.25, 0.3) is 0 Å². The van der Waals surface area contributed by atoms with Crippen LogP contribution < -0.4 is 14.2 Å². The Labute approximate surface area is 163 Å². The van der Waals surface area contributed by atoms with Crippen molar-refractivity contribution in [3.05, 3.63) is 54.1 Å². The van der Waals surface area contributed by atoms with Gasteiger partial charge < -0.3 is 23.7 Å². The second-order valence-corrected chi connectivity index (χ2v) is 6.20. The molecule has 0 bridgehead atoms. The molecule has 2 aromatic carbocycles. The number of methoxy groups -OCH3 is 1. The standard InChI is InChI=1S/C21H22O7/c1-24-16-8-10-17(11-9-16)26-14-20(22)28-18-6-4-15(5-7-18)21(23)27-13-19-3-2-12-25-19/h4-11,19H,2-3,12-14H2,1H3. The molecule has 1 atom stereocenters. The third-order valence-electron chi connectivity index (χ3n) is 4.16. The van der Waals surface area contributed by atoms with Crippen molar-refractivity contribution in [3.8, 4) is 17.2 Å². The van der Waals surface area contributed by atoms with Crippen molar-refractivity contribution in [1.82, 2.24) is 0 Å². The minimum atomic E-state index is -0.551. The summed E-state index contributed by atoms with van der Waals surface area (Å²) in [6, 6.07) is 13.0. The number of rotatable bonds is 8. The molecule has 0 aliphatic carbocycles. The monoisotopic (exact) mass is 386 g/mol. The Hall–Kier alpha value is -3.06. The predicted molar refractivity (Wildman–Crippen MR) is 99.8 cm³/mol. The molecular weight excluding hydrogens is 364 g/mol. The van der Waals surface area contributed by atoms with E-state index in [2.05, 4.69) is 0 Å². The van der Waals surface area contributed by atoms with Gasteiger partial charge in [-0.2, -0.15) is 0 Å². The molecule has 7 nitrogen and oxygen atoms in total. The zero-order valence-electron chi connectivity index (χ0n) is 15.6. The quantitative estimate of drug-likeness (QED) is 0.510. The summed E-state index contributed by atoms with van der Waals surface area (Å²) in [5.41, 5.74) is 0.382. The topological polar surface area (TPSA) is 80.3 Å². The van der Waals surface area contributed by atoms with Crippen LogP contribution in [0.4, 0.5) is 0 Å². The van der Waals surface area contributed by atoms with E-state index >= 15 is 0 Å². The summed E-state index contributed by atoms with van der Waals surface area (Å²) < 4.78 is 26.3. The van der Waals surface area contributed by atoms with Gasteiger partial charge in [-0.05, 0) is 61.4 Å². The number of esters is 2. The van der Waals surface area contributed by atoms with Gasteiger partial charge in [0.1, 0.15) is 23.9 Å². The van der Waals surface area contributed by atoms with Gasteiger partial charge in [-0.1, -0.05) is 0 Å². The van der Waals surface area contributed by atoms with E-state index in [-0.39, 0.29) is 19.3 Å². The van der Waals surface area contributed by atoms with Gasteiger partial charge >= 0.3 is 11.9 Å². The first-order valence-corrected chi connectivity index (χ1v) is 9.00. The summed E-state index contributed by atoms with van der Waals surface area (Å²) in [4.78, 5) is 23.9. The van der Waals surface area contributed by atoms with E-state index in [1.54, 1.807) is 43.5 Å². The molecule has 1 unspecified atom stereocenters. The van der Waals surface area contributed by atoms with Crippen molar-refractivity contribution in [2.75, 3.05) is 26.9 Å². The minimum Gasteiger partial charge on any atom is -0.497 e. The maximum atomic E-state index is 12.0. The molecular formula is C21H22O7. The third-order valence-corrected chi connectivity index (χ3v) is 4.16. The van der Waals surface area contributed by atoms with Crippen LogP contribution in [0.3, 0.4) is 0 Å². The van der Waals surface area contributed by atoms with E-state index in [1.165, 1.54) is 12.1 Å². The van der Waals surface area contributed by atoms with Crippen LogP contribution in [0, 0.1) is 0 Å². The van der Waals surface area contributed by atoms with Gasteiger partial charge in [0.05, 0.1) is 18.8 Å². The Kier molecular flexibility index (Phi) is 6.86. The van der Waals surface area contributed by atoms with Crippen molar-refractivity contribution in [3.63, 3.8) is 0 Å². The average molecular weight is 386 g/mol. The molecule has 1 aliphatic rings. The van der Waals surface area contributed by atoms with Gasteiger partial charge in [0.25, 0.3) is 0 Å². The largest absolute Gasteiger partial charge is 0.497 e. The summed E-state index contributed by atoms with van der Waals surface area (Å²) in [5, 5.41) is 0.